The molecule has 33 heavy (non-hydrogen) atoms. The number of carbonyl (C=O) groups is 2. The van der Waals surface area contributed by atoms with Gasteiger partial charge in [0.2, 0.25) is 0 Å². The molecule has 3 rings (SSSR count). The summed E-state index contributed by atoms with van der Waals surface area (Å²) in [5.41, 5.74) is 0.448. The van der Waals surface area contributed by atoms with Crippen LogP contribution in [0.5, 0.6) is 0 Å². The van der Waals surface area contributed by atoms with E-state index >= 15 is 0 Å². The first-order valence-electron chi connectivity index (χ1n) is 10.3. The van der Waals surface area contributed by atoms with Gasteiger partial charge in [-0.25, -0.2) is 8.36 Å². The predicted octanol–water partition coefficient (Wildman–Crippen LogP) is 2.73. The van der Waals surface area contributed by atoms with Gasteiger partial charge in [-0.2, -0.15) is 12.7 Å². The lowest BCUT2D eigenvalue weighted by molar-refractivity contribution is -0.117. The molecule has 0 aliphatic rings. The Balaban J connectivity index is 2.12. The van der Waals surface area contributed by atoms with E-state index in [1.165, 1.54) is 44.6 Å². The molecule has 3 aromatic rings. The van der Waals surface area contributed by atoms with Crippen LogP contribution in [0.3, 0.4) is 0 Å². The molecule has 0 aliphatic heterocycles. The second kappa shape index (κ2) is 9.97. The van der Waals surface area contributed by atoms with E-state index < -0.39 is 27.8 Å². The first-order chi connectivity index (χ1) is 15.7. The molecule has 2 amide bonds. The van der Waals surface area contributed by atoms with Crippen LogP contribution in [0.2, 0.25) is 0 Å². The Bertz CT molecular complexity index is 1330. The van der Waals surface area contributed by atoms with Crippen molar-refractivity contribution in [2.45, 2.75) is 13.3 Å². The average molecular weight is 473 g/mol. The fraction of sp³-hybridized carbons (Fsp3) is 0.217. The molecule has 0 unspecified atom stereocenters. The summed E-state index contributed by atoms with van der Waals surface area (Å²) >= 11 is 0. The third-order valence-corrected chi connectivity index (χ3v) is 6.59. The lowest BCUT2D eigenvalue weighted by Gasteiger charge is -2.13. The molecule has 0 radical (unpaired) electrons. The molecular weight excluding hydrogens is 447 g/mol. The van der Waals surface area contributed by atoms with Gasteiger partial charge in [0.25, 0.3) is 11.8 Å². The maximum absolute atomic E-state index is 14.1. The Morgan fingerprint density at radius 1 is 1.09 bits per heavy atom. The fourth-order valence-electron chi connectivity index (χ4n) is 3.14. The number of carbonyl (C=O) groups excluding carboxylic acids is 2. The van der Waals surface area contributed by atoms with Crippen molar-refractivity contribution in [1.29, 1.82) is 0 Å². The Morgan fingerprint density at radius 3 is 2.42 bits per heavy atom. The van der Waals surface area contributed by atoms with E-state index in [2.05, 4.69) is 10.6 Å². The van der Waals surface area contributed by atoms with Gasteiger partial charge in [-0.15, -0.1) is 0 Å². The average Bonchev–Trinajstić information content (AvgIpc) is 3.16. The lowest BCUT2D eigenvalue weighted by Crippen LogP contribution is -2.35. The number of halogens is 1. The summed E-state index contributed by atoms with van der Waals surface area (Å²) in [6, 6.07) is 12.2. The minimum absolute atomic E-state index is 0.137. The molecule has 0 bridgehead atoms. The number of fused-ring (bicyclic) bond motifs is 1. The van der Waals surface area contributed by atoms with Crippen molar-refractivity contribution in [3.8, 4) is 0 Å². The molecule has 8 nitrogen and oxygen atoms in total. The van der Waals surface area contributed by atoms with Crippen LogP contribution < -0.4 is 10.6 Å². The molecule has 0 aliphatic carbocycles. The van der Waals surface area contributed by atoms with Crippen LogP contribution in [0.15, 0.2) is 60.4 Å². The van der Waals surface area contributed by atoms with Gasteiger partial charge in [-0.1, -0.05) is 37.3 Å². The number of hydrogen-bond acceptors (Lipinski definition) is 4. The van der Waals surface area contributed by atoms with Crippen LogP contribution in [0.4, 0.5) is 4.39 Å². The second-order valence-corrected chi connectivity index (χ2v) is 9.45. The van der Waals surface area contributed by atoms with Crippen molar-refractivity contribution in [2.24, 2.45) is 0 Å². The molecule has 0 saturated heterocycles. The van der Waals surface area contributed by atoms with Gasteiger partial charge in [-0.3, -0.25) is 9.59 Å². The van der Waals surface area contributed by atoms with Crippen LogP contribution in [0.1, 0.15) is 29.3 Å². The Labute approximate surface area is 191 Å². The summed E-state index contributed by atoms with van der Waals surface area (Å²) in [6.07, 6.45) is 3.43. The Morgan fingerprint density at radius 2 is 1.76 bits per heavy atom. The number of rotatable bonds is 8. The molecule has 10 heteroatoms. The van der Waals surface area contributed by atoms with E-state index in [0.29, 0.717) is 29.4 Å². The van der Waals surface area contributed by atoms with Crippen LogP contribution >= 0.6 is 0 Å². The highest BCUT2D eigenvalue weighted by Crippen LogP contribution is 2.25. The fourth-order valence-corrected chi connectivity index (χ4v) is 4.15. The SMILES string of the molecule is CCCNC(=O)C(=Cc1cn(S(=O)(=O)N(C)C)c2ccccc12)NC(=O)c1ccccc1F. The zero-order chi connectivity index (χ0) is 24.2. The zero-order valence-electron chi connectivity index (χ0n) is 18.5. The van der Waals surface area contributed by atoms with E-state index in [1.807, 2.05) is 6.92 Å². The smallest absolute Gasteiger partial charge is 0.307 e. The van der Waals surface area contributed by atoms with Gasteiger partial charge in [0.05, 0.1) is 11.1 Å². The van der Waals surface area contributed by atoms with Crippen molar-refractivity contribution in [3.63, 3.8) is 0 Å². The van der Waals surface area contributed by atoms with E-state index in [9.17, 15) is 22.4 Å². The van der Waals surface area contributed by atoms with Crippen molar-refractivity contribution in [1.82, 2.24) is 18.9 Å². The third-order valence-electron chi connectivity index (χ3n) is 4.87. The Hall–Kier alpha value is -3.50. The number of aromatic nitrogens is 1. The summed E-state index contributed by atoms with van der Waals surface area (Å²) in [5.74, 6) is -2.10. The van der Waals surface area contributed by atoms with Crippen molar-refractivity contribution in [3.05, 3.63) is 77.4 Å². The highest BCUT2D eigenvalue weighted by atomic mass is 32.2. The Kier molecular flexibility index (Phi) is 7.29. The molecule has 2 N–H and O–H groups in total. The molecular formula is C23H25FN4O4S. The standard InChI is InChI=1S/C23H25FN4O4S/c1-4-13-25-23(30)20(26-22(29)18-10-5-7-11-19(18)24)14-16-15-28(33(31,32)27(2)3)21-12-8-6-9-17(16)21/h5-12,14-15H,4,13H2,1-3H3,(H,25,30)(H,26,29). The number of hydrogen-bond donors (Lipinski definition) is 2. The van der Waals surface area contributed by atoms with Crippen LogP contribution in [-0.4, -0.2) is 49.1 Å². The third kappa shape index (κ3) is 5.12. The first kappa shape index (κ1) is 24.1. The predicted molar refractivity (Wildman–Crippen MR) is 125 cm³/mol. The highest BCUT2D eigenvalue weighted by molar-refractivity contribution is 7.87. The molecule has 0 saturated carbocycles. The summed E-state index contributed by atoms with van der Waals surface area (Å²) in [4.78, 5) is 25.5. The lowest BCUT2D eigenvalue weighted by atomic mass is 10.1. The summed E-state index contributed by atoms with van der Waals surface area (Å²) in [6.45, 7) is 2.24. The molecule has 0 spiro atoms. The zero-order valence-corrected chi connectivity index (χ0v) is 19.3. The summed E-state index contributed by atoms with van der Waals surface area (Å²) < 4.78 is 41.9. The molecule has 1 aromatic heterocycles. The van der Waals surface area contributed by atoms with Crippen molar-refractivity contribution < 1.29 is 22.4 Å². The summed E-state index contributed by atoms with van der Waals surface area (Å²) in [5, 5.41) is 5.71. The van der Waals surface area contributed by atoms with Gasteiger partial charge in [0, 0.05) is 37.8 Å². The molecule has 1 heterocycles. The van der Waals surface area contributed by atoms with Crippen molar-refractivity contribution >= 4 is 39.0 Å². The number of nitrogens with zero attached hydrogens (tertiary/aromatic N) is 2. The topological polar surface area (TPSA) is 101 Å². The minimum Gasteiger partial charge on any atom is -0.351 e. The first-order valence-corrected chi connectivity index (χ1v) is 11.7. The maximum atomic E-state index is 14.1. The van der Waals surface area contributed by atoms with E-state index in [4.69, 9.17) is 0 Å². The number of para-hydroxylation sites is 1. The van der Waals surface area contributed by atoms with E-state index in [0.717, 1.165) is 14.3 Å². The molecule has 174 valence electrons. The monoisotopic (exact) mass is 472 g/mol. The number of benzene rings is 2. The quantitative estimate of drug-likeness (QED) is 0.493. The van der Waals surface area contributed by atoms with E-state index in [1.54, 1.807) is 24.3 Å². The minimum atomic E-state index is -3.84. The van der Waals surface area contributed by atoms with Gasteiger partial charge in [0.1, 0.15) is 11.5 Å². The molecule has 0 fully saturated rings. The van der Waals surface area contributed by atoms with Gasteiger partial charge in [0.15, 0.2) is 0 Å². The van der Waals surface area contributed by atoms with Crippen LogP contribution in [0, 0.1) is 5.82 Å². The summed E-state index contributed by atoms with van der Waals surface area (Å²) in [7, 11) is -1.01. The largest absolute Gasteiger partial charge is 0.351 e. The van der Waals surface area contributed by atoms with Gasteiger partial charge >= 0.3 is 10.2 Å². The molecule has 2 aromatic carbocycles. The van der Waals surface area contributed by atoms with E-state index in [-0.39, 0.29) is 11.3 Å². The molecule has 0 atom stereocenters. The maximum Gasteiger partial charge on any atom is 0.307 e. The van der Waals surface area contributed by atoms with Crippen LogP contribution in [-0.2, 0) is 15.0 Å². The van der Waals surface area contributed by atoms with Gasteiger partial charge < -0.3 is 10.6 Å². The number of amides is 2. The van der Waals surface area contributed by atoms with Gasteiger partial charge in [-0.05, 0) is 30.7 Å². The highest BCUT2D eigenvalue weighted by Gasteiger charge is 2.22. The van der Waals surface area contributed by atoms with Crippen LogP contribution in [0.25, 0.3) is 17.0 Å². The number of nitrogens with one attached hydrogen (secondary N) is 2. The van der Waals surface area contributed by atoms with Crippen molar-refractivity contribution in [2.75, 3.05) is 20.6 Å². The second-order valence-electron chi connectivity index (χ2n) is 7.44. The normalized spacial score (nSPS) is 12.2.